The number of hydrogen-bond acceptors (Lipinski definition) is 5. The van der Waals surface area contributed by atoms with E-state index in [2.05, 4.69) is 0 Å². The lowest BCUT2D eigenvalue weighted by atomic mass is 9.73. The van der Waals surface area contributed by atoms with Gasteiger partial charge in [-0.3, -0.25) is 0 Å². The van der Waals surface area contributed by atoms with Gasteiger partial charge in [-0.2, -0.15) is 0 Å². The highest BCUT2D eigenvalue weighted by atomic mass is 16.5. The van der Waals surface area contributed by atoms with Crippen LogP contribution in [0.4, 0.5) is 4.79 Å². The van der Waals surface area contributed by atoms with Crippen LogP contribution in [0.1, 0.15) is 56.6 Å². The molecule has 0 aliphatic carbocycles. The molecule has 7 nitrogen and oxygen atoms in total. The van der Waals surface area contributed by atoms with Crippen molar-refractivity contribution in [2.75, 3.05) is 39.4 Å². The molecule has 0 aromatic heterocycles. The smallest absolute Gasteiger partial charge is 0.320 e. The van der Waals surface area contributed by atoms with E-state index in [-0.39, 0.29) is 18.0 Å². The molecule has 3 unspecified atom stereocenters. The van der Waals surface area contributed by atoms with Crippen molar-refractivity contribution < 1.29 is 19.4 Å². The largest absolute Gasteiger partial charge is 0.457 e. The summed E-state index contributed by atoms with van der Waals surface area (Å²) in [7, 11) is 0. The number of nitrogens with zero attached hydrogens (tertiary/aromatic N) is 2. The second-order valence-electron chi connectivity index (χ2n) is 10.5. The maximum absolute atomic E-state index is 13.3. The number of carbonyl (C=O) groups is 1. The minimum atomic E-state index is -1.13. The third-order valence-electron chi connectivity index (χ3n) is 7.83. The van der Waals surface area contributed by atoms with E-state index in [9.17, 15) is 9.90 Å². The zero-order valence-electron chi connectivity index (χ0n) is 22.4. The molecule has 2 aliphatic rings. The summed E-state index contributed by atoms with van der Waals surface area (Å²) in [6.07, 6.45) is 4.83. The van der Waals surface area contributed by atoms with E-state index in [1.54, 1.807) is 0 Å². The molecule has 2 amide bonds. The number of ether oxygens (including phenoxy) is 2. The Morgan fingerprint density at radius 3 is 2.49 bits per heavy atom. The van der Waals surface area contributed by atoms with Gasteiger partial charge in [0.25, 0.3) is 0 Å². The molecule has 0 bridgehead atoms. The molecule has 3 N–H and O–H groups in total. The van der Waals surface area contributed by atoms with E-state index in [0.29, 0.717) is 51.6 Å². The first-order chi connectivity index (χ1) is 17.9. The van der Waals surface area contributed by atoms with E-state index >= 15 is 0 Å². The molecule has 2 saturated heterocycles. The maximum Gasteiger partial charge on any atom is 0.320 e. The van der Waals surface area contributed by atoms with Crippen molar-refractivity contribution in [3.8, 4) is 11.5 Å². The maximum atomic E-state index is 13.3. The topological polar surface area (TPSA) is 88.3 Å². The number of unbranched alkanes of at least 4 members (excludes halogenated alkanes) is 1. The number of rotatable bonds is 10. The van der Waals surface area contributed by atoms with Crippen LogP contribution >= 0.6 is 0 Å². The second kappa shape index (κ2) is 12.8. The first-order valence-corrected chi connectivity index (χ1v) is 13.8. The van der Waals surface area contributed by atoms with Gasteiger partial charge in [0.2, 0.25) is 0 Å². The number of benzene rings is 2. The lowest BCUT2D eigenvalue weighted by molar-refractivity contribution is -0.0588. The normalized spacial score (nSPS) is 21.6. The van der Waals surface area contributed by atoms with Crippen LogP contribution in [0, 0.1) is 12.8 Å². The first kappa shape index (κ1) is 27.4. The van der Waals surface area contributed by atoms with Crippen molar-refractivity contribution in [2.24, 2.45) is 11.7 Å². The van der Waals surface area contributed by atoms with Gasteiger partial charge < -0.3 is 30.1 Å². The minimum absolute atomic E-state index is 0.0424. The molecule has 2 heterocycles. The van der Waals surface area contributed by atoms with Gasteiger partial charge in [-0.25, -0.2) is 4.79 Å². The summed E-state index contributed by atoms with van der Waals surface area (Å²) in [5, 5.41) is 12.5. The van der Waals surface area contributed by atoms with Gasteiger partial charge in [0.15, 0.2) is 0 Å². The Balaban J connectivity index is 1.60. The number of para-hydroxylation sites is 2. The molecule has 202 valence electrons. The molecule has 7 heteroatoms. The predicted octanol–water partition coefficient (Wildman–Crippen LogP) is 5.05. The highest BCUT2D eigenvalue weighted by molar-refractivity contribution is 5.75. The predicted molar refractivity (Wildman–Crippen MR) is 146 cm³/mol. The molecule has 0 spiro atoms. The van der Waals surface area contributed by atoms with Crippen LogP contribution in [0.25, 0.3) is 0 Å². The van der Waals surface area contributed by atoms with Crippen molar-refractivity contribution in [1.82, 2.24) is 9.80 Å². The van der Waals surface area contributed by atoms with Gasteiger partial charge >= 0.3 is 6.03 Å². The van der Waals surface area contributed by atoms with E-state index in [4.69, 9.17) is 15.2 Å². The molecule has 4 rings (SSSR count). The Hall–Kier alpha value is -2.61. The zero-order chi connectivity index (χ0) is 26.3. The van der Waals surface area contributed by atoms with Crippen LogP contribution < -0.4 is 10.5 Å². The standard InChI is InChI=1S/C30H43N3O4/c1-3-36-20-9-8-17-30(35,24-12-10-18-32(21-24)29(34)33-19-16-25(31)22-33)26-13-5-7-15-28(26)37-27-14-6-4-11-23(27)2/h4-7,11,13-15,24-25,35H,3,8-10,12,16-22,31H2,1-2H3. The Labute approximate surface area is 221 Å². The summed E-state index contributed by atoms with van der Waals surface area (Å²) >= 11 is 0. The molecule has 0 saturated carbocycles. The van der Waals surface area contributed by atoms with Gasteiger partial charge in [-0.15, -0.1) is 0 Å². The molecule has 3 atom stereocenters. The molecule has 2 aromatic rings. The third kappa shape index (κ3) is 6.64. The van der Waals surface area contributed by atoms with Crippen LogP contribution in [-0.4, -0.2) is 66.4 Å². The Bertz CT molecular complexity index is 1030. The van der Waals surface area contributed by atoms with Crippen molar-refractivity contribution in [1.29, 1.82) is 0 Å². The third-order valence-corrected chi connectivity index (χ3v) is 7.83. The lowest BCUT2D eigenvalue weighted by Gasteiger charge is -2.44. The number of hydrogen-bond donors (Lipinski definition) is 2. The van der Waals surface area contributed by atoms with E-state index in [0.717, 1.165) is 49.0 Å². The number of aliphatic hydroxyl groups is 1. The number of piperidine rings is 1. The quantitative estimate of drug-likeness (QED) is 0.438. The fourth-order valence-corrected chi connectivity index (χ4v) is 5.71. The molecule has 0 radical (unpaired) electrons. The number of carbonyl (C=O) groups excluding carboxylic acids is 1. The molecular weight excluding hydrogens is 466 g/mol. The van der Waals surface area contributed by atoms with E-state index in [1.165, 1.54) is 0 Å². The lowest BCUT2D eigenvalue weighted by Crippen LogP contribution is -2.51. The van der Waals surface area contributed by atoms with Crippen LogP contribution in [0.3, 0.4) is 0 Å². The summed E-state index contributed by atoms with van der Waals surface area (Å²) in [5.74, 6) is 1.34. The van der Waals surface area contributed by atoms with E-state index < -0.39 is 5.60 Å². The highest BCUT2D eigenvalue weighted by Crippen LogP contribution is 2.44. The second-order valence-corrected chi connectivity index (χ2v) is 10.5. The summed E-state index contributed by atoms with van der Waals surface area (Å²) in [4.78, 5) is 17.1. The molecular formula is C30H43N3O4. The molecule has 2 aromatic carbocycles. The average molecular weight is 510 g/mol. The van der Waals surface area contributed by atoms with Crippen molar-refractivity contribution in [3.05, 3.63) is 59.7 Å². The van der Waals surface area contributed by atoms with Gasteiger partial charge in [0.05, 0.1) is 5.60 Å². The Morgan fingerprint density at radius 1 is 1.03 bits per heavy atom. The Morgan fingerprint density at radius 2 is 1.76 bits per heavy atom. The molecule has 2 fully saturated rings. The van der Waals surface area contributed by atoms with Crippen molar-refractivity contribution >= 4 is 6.03 Å². The fraction of sp³-hybridized carbons (Fsp3) is 0.567. The monoisotopic (exact) mass is 509 g/mol. The Kier molecular flexibility index (Phi) is 9.46. The number of aryl methyl sites for hydroxylation is 1. The summed E-state index contributed by atoms with van der Waals surface area (Å²) in [6, 6.07) is 15.8. The molecule has 37 heavy (non-hydrogen) atoms. The van der Waals surface area contributed by atoms with Gasteiger partial charge in [-0.05, 0) is 70.1 Å². The first-order valence-electron chi connectivity index (χ1n) is 13.8. The number of urea groups is 1. The average Bonchev–Trinajstić information content (AvgIpc) is 3.36. The summed E-state index contributed by atoms with van der Waals surface area (Å²) in [6.45, 7) is 7.93. The zero-order valence-corrected chi connectivity index (χ0v) is 22.4. The van der Waals surface area contributed by atoms with Gasteiger partial charge in [0.1, 0.15) is 11.5 Å². The summed E-state index contributed by atoms with van der Waals surface area (Å²) < 4.78 is 12.0. The van der Waals surface area contributed by atoms with Crippen LogP contribution in [0.15, 0.2) is 48.5 Å². The number of nitrogens with two attached hydrogens (primary N) is 1. The molecule has 2 aliphatic heterocycles. The minimum Gasteiger partial charge on any atom is -0.457 e. The van der Waals surface area contributed by atoms with Gasteiger partial charge in [0, 0.05) is 56.9 Å². The van der Waals surface area contributed by atoms with Crippen LogP contribution in [-0.2, 0) is 10.3 Å². The van der Waals surface area contributed by atoms with Gasteiger partial charge in [-0.1, -0.05) is 36.4 Å². The van der Waals surface area contributed by atoms with E-state index in [1.807, 2.05) is 72.2 Å². The summed E-state index contributed by atoms with van der Waals surface area (Å²) in [5.41, 5.74) is 6.76. The SMILES string of the molecule is CCOCCCCC(O)(c1ccccc1Oc1ccccc1C)C1CCCN(C(=O)N2CCC(N)C2)C1. The number of amides is 2. The van der Waals surface area contributed by atoms with Crippen molar-refractivity contribution in [3.63, 3.8) is 0 Å². The fourth-order valence-electron chi connectivity index (χ4n) is 5.71. The van der Waals surface area contributed by atoms with Crippen LogP contribution in [0.5, 0.6) is 11.5 Å². The van der Waals surface area contributed by atoms with Crippen LogP contribution in [0.2, 0.25) is 0 Å². The highest BCUT2D eigenvalue weighted by Gasteiger charge is 2.43. The number of likely N-dealkylation sites (tertiary alicyclic amines) is 2. The van der Waals surface area contributed by atoms with Crippen molar-refractivity contribution in [2.45, 2.75) is 64.0 Å².